The van der Waals surface area contributed by atoms with E-state index >= 15 is 0 Å². The van der Waals surface area contributed by atoms with Crippen molar-refractivity contribution in [3.63, 3.8) is 0 Å². The van der Waals surface area contributed by atoms with Crippen molar-refractivity contribution in [1.29, 1.82) is 0 Å². The Balaban J connectivity index is 1.46. The number of rotatable bonds is 6. The third kappa shape index (κ3) is 4.78. The number of amides is 2. The van der Waals surface area contributed by atoms with Crippen LogP contribution in [-0.4, -0.2) is 45.1 Å². The highest BCUT2D eigenvalue weighted by atomic mass is 32.1. The minimum absolute atomic E-state index is 0.171. The van der Waals surface area contributed by atoms with E-state index in [0.717, 1.165) is 45.4 Å². The van der Waals surface area contributed by atoms with E-state index in [9.17, 15) is 4.79 Å². The Morgan fingerprint density at radius 3 is 3.21 bits per heavy atom. The van der Waals surface area contributed by atoms with Crippen LogP contribution in [0.5, 0.6) is 0 Å². The van der Waals surface area contributed by atoms with Crippen LogP contribution in [0.25, 0.3) is 0 Å². The molecule has 8 heteroatoms. The molecule has 2 amide bonds. The molecule has 0 unspecified atom stereocenters. The average Bonchev–Trinajstić information content (AvgIpc) is 3.20. The molecular formula is C16H24N6OS. The van der Waals surface area contributed by atoms with E-state index < -0.39 is 0 Å². The zero-order chi connectivity index (χ0) is 16.8. The molecule has 0 aliphatic carbocycles. The fraction of sp³-hybridized carbons (Fsp3) is 0.562. The van der Waals surface area contributed by atoms with Gasteiger partial charge in [-0.05, 0) is 37.3 Å². The average molecular weight is 348 g/mol. The van der Waals surface area contributed by atoms with E-state index in [0.29, 0.717) is 5.82 Å². The van der Waals surface area contributed by atoms with Crippen molar-refractivity contribution in [2.45, 2.75) is 45.3 Å². The fourth-order valence-electron chi connectivity index (χ4n) is 2.97. The van der Waals surface area contributed by atoms with Gasteiger partial charge in [-0.25, -0.2) is 4.79 Å². The van der Waals surface area contributed by atoms with Crippen LogP contribution in [0.4, 0.5) is 10.6 Å². The Morgan fingerprint density at radius 1 is 1.50 bits per heavy atom. The van der Waals surface area contributed by atoms with Gasteiger partial charge in [0.1, 0.15) is 0 Å². The molecule has 1 aliphatic rings. The smallest absolute Gasteiger partial charge is 0.320 e. The van der Waals surface area contributed by atoms with Crippen LogP contribution >= 0.6 is 11.3 Å². The maximum Gasteiger partial charge on any atom is 0.320 e. The number of thiophene rings is 1. The summed E-state index contributed by atoms with van der Waals surface area (Å²) in [5.74, 6) is 0.493. The van der Waals surface area contributed by atoms with Crippen LogP contribution in [0.3, 0.4) is 0 Å². The second-order valence-corrected chi connectivity index (χ2v) is 7.15. The molecule has 3 rings (SSSR count). The molecule has 2 N–H and O–H groups in total. The summed E-state index contributed by atoms with van der Waals surface area (Å²) in [6.07, 6.45) is 4.85. The molecule has 1 atom stereocenters. The van der Waals surface area contributed by atoms with Crippen molar-refractivity contribution in [1.82, 2.24) is 25.2 Å². The monoisotopic (exact) mass is 348 g/mol. The molecular weight excluding hydrogens is 324 g/mol. The van der Waals surface area contributed by atoms with Crippen molar-refractivity contribution in [2.75, 3.05) is 18.4 Å². The lowest BCUT2D eigenvalue weighted by Crippen LogP contribution is -2.48. The quantitative estimate of drug-likeness (QED) is 0.841. The molecule has 0 spiro atoms. The third-order valence-corrected chi connectivity index (χ3v) is 4.89. The minimum atomic E-state index is -0.207. The van der Waals surface area contributed by atoms with Gasteiger partial charge >= 0.3 is 6.03 Å². The highest BCUT2D eigenvalue weighted by Gasteiger charge is 2.22. The number of nitrogens with zero attached hydrogens (tertiary/aromatic N) is 4. The van der Waals surface area contributed by atoms with E-state index in [1.165, 1.54) is 4.88 Å². The number of piperidine rings is 1. The van der Waals surface area contributed by atoms with Crippen LogP contribution in [0.2, 0.25) is 0 Å². The molecule has 2 aromatic rings. The SMILES string of the molecule is CCCn1cc(NC(=O)N[C@H]2CCCN(Cc3cccs3)C2)nn1. The Hall–Kier alpha value is -1.93. The van der Waals surface area contributed by atoms with Gasteiger partial charge in [0.15, 0.2) is 5.82 Å². The molecule has 0 bridgehead atoms. The molecule has 1 fully saturated rings. The van der Waals surface area contributed by atoms with Crippen molar-refractivity contribution < 1.29 is 4.79 Å². The van der Waals surface area contributed by atoms with Crippen LogP contribution in [0.15, 0.2) is 23.7 Å². The summed E-state index contributed by atoms with van der Waals surface area (Å²) in [6, 6.07) is 4.21. The highest BCUT2D eigenvalue weighted by molar-refractivity contribution is 7.09. The zero-order valence-corrected chi connectivity index (χ0v) is 14.8. The van der Waals surface area contributed by atoms with Gasteiger partial charge in [-0.2, -0.15) is 0 Å². The van der Waals surface area contributed by atoms with Crippen LogP contribution in [0.1, 0.15) is 31.1 Å². The molecule has 0 aromatic carbocycles. The van der Waals surface area contributed by atoms with Gasteiger partial charge < -0.3 is 5.32 Å². The van der Waals surface area contributed by atoms with Gasteiger partial charge in [0.25, 0.3) is 0 Å². The number of hydrogen-bond donors (Lipinski definition) is 2. The number of urea groups is 1. The lowest BCUT2D eigenvalue weighted by atomic mass is 10.1. The molecule has 24 heavy (non-hydrogen) atoms. The summed E-state index contributed by atoms with van der Waals surface area (Å²) in [5.41, 5.74) is 0. The van der Waals surface area contributed by atoms with Gasteiger partial charge in [0.2, 0.25) is 0 Å². The molecule has 7 nitrogen and oxygen atoms in total. The Bertz CT molecular complexity index is 641. The van der Waals surface area contributed by atoms with E-state index in [2.05, 4.69) is 50.3 Å². The number of carbonyl (C=O) groups excluding carboxylic acids is 1. The van der Waals surface area contributed by atoms with Crippen molar-refractivity contribution >= 4 is 23.2 Å². The Labute approximate surface area is 146 Å². The molecule has 2 aromatic heterocycles. The van der Waals surface area contributed by atoms with Gasteiger partial charge in [0.05, 0.1) is 6.20 Å². The summed E-state index contributed by atoms with van der Waals surface area (Å²) >= 11 is 1.78. The van der Waals surface area contributed by atoms with Crippen LogP contribution in [-0.2, 0) is 13.1 Å². The topological polar surface area (TPSA) is 75.1 Å². The first-order valence-electron chi connectivity index (χ1n) is 8.45. The number of aryl methyl sites for hydroxylation is 1. The Morgan fingerprint density at radius 2 is 2.42 bits per heavy atom. The lowest BCUT2D eigenvalue weighted by Gasteiger charge is -2.32. The number of carbonyl (C=O) groups is 1. The summed E-state index contributed by atoms with van der Waals surface area (Å²) in [6.45, 7) is 5.81. The summed E-state index contributed by atoms with van der Waals surface area (Å²) in [5, 5.41) is 15.9. The van der Waals surface area contributed by atoms with E-state index in [1.807, 2.05) is 0 Å². The lowest BCUT2D eigenvalue weighted by molar-refractivity contribution is 0.184. The highest BCUT2D eigenvalue weighted by Crippen LogP contribution is 2.17. The molecule has 0 saturated carbocycles. The van der Waals surface area contributed by atoms with E-state index in [4.69, 9.17) is 0 Å². The third-order valence-electron chi connectivity index (χ3n) is 4.03. The number of likely N-dealkylation sites (tertiary alicyclic amines) is 1. The van der Waals surface area contributed by atoms with Gasteiger partial charge in [-0.15, -0.1) is 16.4 Å². The second kappa shape index (κ2) is 8.25. The first kappa shape index (κ1) is 16.9. The Kier molecular flexibility index (Phi) is 5.81. The number of aromatic nitrogens is 3. The summed E-state index contributed by atoms with van der Waals surface area (Å²) < 4.78 is 1.74. The normalized spacial score (nSPS) is 18.5. The van der Waals surface area contributed by atoms with Crippen LogP contribution < -0.4 is 10.6 Å². The minimum Gasteiger partial charge on any atom is -0.334 e. The molecule has 130 valence electrons. The largest absolute Gasteiger partial charge is 0.334 e. The summed E-state index contributed by atoms with van der Waals surface area (Å²) in [4.78, 5) is 15.9. The second-order valence-electron chi connectivity index (χ2n) is 6.12. The van der Waals surface area contributed by atoms with Gasteiger partial charge in [-0.3, -0.25) is 14.9 Å². The number of nitrogens with one attached hydrogen (secondary N) is 2. The van der Waals surface area contributed by atoms with Gasteiger partial charge in [-0.1, -0.05) is 18.2 Å². The predicted molar refractivity (Wildman–Crippen MR) is 95.1 cm³/mol. The van der Waals surface area contributed by atoms with E-state index in [-0.39, 0.29) is 12.1 Å². The number of hydrogen-bond acceptors (Lipinski definition) is 5. The zero-order valence-electron chi connectivity index (χ0n) is 13.9. The van der Waals surface area contributed by atoms with Crippen LogP contribution in [0, 0.1) is 0 Å². The number of anilines is 1. The van der Waals surface area contributed by atoms with Gasteiger partial charge in [0, 0.05) is 30.6 Å². The fourth-order valence-corrected chi connectivity index (χ4v) is 3.72. The maximum atomic E-state index is 12.2. The summed E-state index contributed by atoms with van der Waals surface area (Å²) in [7, 11) is 0. The van der Waals surface area contributed by atoms with E-state index in [1.54, 1.807) is 22.2 Å². The molecule has 3 heterocycles. The first-order chi connectivity index (χ1) is 11.7. The maximum absolute atomic E-state index is 12.2. The molecule has 0 radical (unpaired) electrons. The molecule has 1 aliphatic heterocycles. The van der Waals surface area contributed by atoms with Crippen molar-refractivity contribution in [2.24, 2.45) is 0 Å². The molecule has 1 saturated heterocycles. The predicted octanol–water partition coefficient (Wildman–Crippen LogP) is 2.54. The standard InChI is InChI=1S/C16H24N6OS/c1-2-7-22-12-15(19-20-22)18-16(23)17-13-5-3-8-21(10-13)11-14-6-4-9-24-14/h4,6,9,12-13H,2-3,5,7-8,10-11H2,1H3,(H2,17,18,23)/t13-/m0/s1. The first-order valence-corrected chi connectivity index (χ1v) is 9.33. The van der Waals surface area contributed by atoms with Crippen molar-refractivity contribution in [3.05, 3.63) is 28.6 Å². The van der Waals surface area contributed by atoms with Crippen molar-refractivity contribution in [3.8, 4) is 0 Å².